The highest BCUT2D eigenvalue weighted by Crippen LogP contribution is 2.36. The van der Waals surface area contributed by atoms with Gasteiger partial charge in [0.1, 0.15) is 16.9 Å². The van der Waals surface area contributed by atoms with Crippen LogP contribution in [0.5, 0.6) is 5.75 Å². The van der Waals surface area contributed by atoms with Crippen molar-refractivity contribution in [2.45, 2.75) is 0 Å². The molecule has 3 aromatic carbocycles. The highest BCUT2D eigenvalue weighted by Gasteiger charge is 2.15. The van der Waals surface area contributed by atoms with E-state index in [9.17, 15) is 4.79 Å². The van der Waals surface area contributed by atoms with Gasteiger partial charge in [-0.05, 0) is 30.3 Å². The first-order chi connectivity index (χ1) is 12.7. The molecule has 1 N–H and O–H groups in total. The number of benzene rings is 3. The summed E-state index contributed by atoms with van der Waals surface area (Å²) in [6.45, 7) is 0. The van der Waals surface area contributed by atoms with Crippen LogP contribution in [0.1, 0.15) is 15.9 Å². The molecular weight excluding hydrogens is 328 g/mol. The lowest BCUT2D eigenvalue weighted by Crippen LogP contribution is -2.12. The first-order valence-electron chi connectivity index (χ1n) is 8.00. The quantitative estimate of drug-likeness (QED) is 0.584. The number of nitrogens with zero attached hydrogens (tertiary/aromatic N) is 1. The summed E-state index contributed by atoms with van der Waals surface area (Å²) in [6, 6.07) is 19.9. The predicted molar refractivity (Wildman–Crippen MR) is 99.4 cm³/mol. The molecule has 126 valence electrons. The van der Waals surface area contributed by atoms with Crippen LogP contribution in [0, 0.1) is 11.3 Å². The van der Waals surface area contributed by atoms with Gasteiger partial charge in [0.05, 0.1) is 24.4 Å². The monoisotopic (exact) mass is 342 g/mol. The molecule has 0 aliphatic rings. The zero-order valence-electron chi connectivity index (χ0n) is 13.9. The van der Waals surface area contributed by atoms with E-state index in [2.05, 4.69) is 5.32 Å². The van der Waals surface area contributed by atoms with E-state index >= 15 is 0 Å². The summed E-state index contributed by atoms with van der Waals surface area (Å²) in [5.74, 6) is 0.213. The molecule has 0 unspecified atom stereocenters. The third-order valence-corrected chi connectivity index (χ3v) is 4.20. The van der Waals surface area contributed by atoms with E-state index in [1.807, 2.05) is 36.4 Å². The predicted octanol–water partition coefficient (Wildman–Crippen LogP) is 4.72. The van der Waals surface area contributed by atoms with Gasteiger partial charge in [0, 0.05) is 22.4 Å². The molecule has 4 aromatic rings. The van der Waals surface area contributed by atoms with Gasteiger partial charge in [0.15, 0.2) is 0 Å². The number of ether oxygens (including phenoxy) is 1. The Bertz CT molecular complexity index is 1190. The van der Waals surface area contributed by atoms with Crippen molar-refractivity contribution >= 4 is 33.5 Å². The molecule has 5 nitrogen and oxygen atoms in total. The van der Waals surface area contributed by atoms with Crippen LogP contribution < -0.4 is 10.1 Å². The standard InChI is InChI=1S/C21H14N2O3/c1-25-20-10-16-15-7-2-3-8-18(15)26-19(16)11-17(20)23-21(24)14-6-4-5-13(9-14)12-22/h2-11H,1H3,(H,23,24). The summed E-state index contributed by atoms with van der Waals surface area (Å²) in [4.78, 5) is 12.6. The minimum absolute atomic E-state index is 0.323. The fourth-order valence-corrected chi connectivity index (χ4v) is 2.94. The van der Waals surface area contributed by atoms with Crippen LogP contribution in [-0.4, -0.2) is 13.0 Å². The minimum atomic E-state index is -0.323. The summed E-state index contributed by atoms with van der Waals surface area (Å²) >= 11 is 0. The number of methoxy groups -OCH3 is 1. The van der Waals surface area contributed by atoms with E-state index in [4.69, 9.17) is 14.4 Å². The highest BCUT2D eigenvalue weighted by molar-refractivity contribution is 6.10. The average Bonchev–Trinajstić information content (AvgIpc) is 3.04. The molecule has 26 heavy (non-hydrogen) atoms. The molecule has 0 saturated carbocycles. The summed E-state index contributed by atoms with van der Waals surface area (Å²) in [7, 11) is 1.55. The van der Waals surface area contributed by atoms with E-state index in [0.29, 0.717) is 28.1 Å². The van der Waals surface area contributed by atoms with Gasteiger partial charge in [-0.1, -0.05) is 24.3 Å². The van der Waals surface area contributed by atoms with Gasteiger partial charge in [-0.3, -0.25) is 4.79 Å². The van der Waals surface area contributed by atoms with Crippen LogP contribution in [-0.2, 0) is 0 Å². The van der Waals surface area contributed by atoms with Gasteiger partial charge < -0.3 is 14.5 Å². The Morgan fingerprint density at radius 2 is 1.88 bits per heavy atom. The highest BCUT2D eigenvalue weighted by atomic mass is 16.5. The second kappa shape index (κ2) is 6.26. The summed E-state index contributed by atoms with van der Waals surface area (Å²) in [5.41, 5.74) is 2.77. The molecule has 1 amide bonds. The lowest BCUT2D eigenvalue weighted by atomic mass is 10.1. The normalized spacial score (nSPS) is 10.6. The molecule has 4 rings (SSSR count). The van der Waals surface area contributed by atoms with Gasteiger partial charge in [-0.2, -0.15) is 5.26 Å². The van der Waals surface area contributed by atoms with Crippen LogP contribution in [0.25, 0.3) is 21.9 Å². The molecule has 0 bridgehead atoms. The summed E-state index contributed by atoms with van der Waals surface area (Å²) in [5, 5.41) is 13.7. The molecule has 1 heterocycles. The number of hydrogen-bond donors (Lipinski definition) is 1. The smallest absolute Gasteiger partial charge is 0.255 e. The van der Waals surface area contributed by atoms with E-state index in [0.717, 1.165) is 16.4 Å². The van der Waals surface area contributed by atoms with Crippen molar-refractivity contribution < 1.29 is 13.9 Å². The lowest BCUT2D eigenvalue weighted by Gasteiger charge is -2.10. The van der Waals surface area contributed by atoms with Crippen molar-refractivity contribution in [1.29, 1.82) is 5.26 Å². The number of carbonyl (C=O) groups is 1. The van der Waals surface area contributed by atoms with Gasteiger partial charge >= 0.3 is 0 Å². The number of nitrogens with one attached hydrogen (secondary N) is 1. The maximum Gasteiger partial charge on any atom is 0.255 e. The second-order valence-electron chi connectivity index (χ2n) is 5.79. The van der Waals surface area contributed by atoms with Gasteiger partial charge in [-0.15, -0.1) is 0 Å². The van der Waals surface area contributed by atoms with E-state index in [1.54, 1.807) is 37.4 Å². The molecule has 0 saturated heterocycles. The van der Waals surface area contributed by atoms with Crippen LogP contribution in [0.4, 0.5) is 5.69 Å². The van der Waals surface area contributed by atoms with Crippen LogP contribution >= 0.6 is 0 Å². The molecule has 0 radical (unpaired) electrons. The number of rotatable bonds is 3. The Kier molecular flexibility index (Phi) is 3.79. The first kappa shape index (κ1) is 15.7. The summed E-state index contributed by atoms with van der Waals surface area (Å²) in [6.07, 6.45) is 0. The van der Waals surface area contributed by atoms with Crippen molar-refractivity contribution in [3.05, 3.63) is 71.8 Å². The maximum atomic E-state index is 12.6. The first-order valence-corrected chi connectivity index (χ1v) is 8.00. The Morgan fingerprint density at radius 3 is 2.69 bits per heavy atom. The van der Waals surface area contributed by atoms with Crippen molar-refractivity contribution in [3.8, 4) is 11.8 Å². The SMILES string of the molecule is COc1cc2c(cc1NC(=O)c1cccc(C#N)c1)oc1ccccc12. The van der Waals surface area contributed by atoms with E-state index < -0.39 is 0 Å². The van der Waals surface area contributed by atoms with Gasteiger partial charge in [0.25, 0.3) is 5.91 Å². The zero-order valence-corrected chi connectivity index (χ0v) is 13.9. The van der Waals surface area contributed by atoms with Crippen molar-refractivity contribution in [1.82, 2.24) is 0 Å². The Hall–Kier alpha value is -3.78. The molecule has 0 atom stereocenters. The van der Waals surface area contributed by atoms with E-state index in [-0.39, 0.29) is 5.91 Å². The Labute approximate surface area is 149 Å². The Balaban J connectivity index is 1.76. The second-order valence-corrected chi connectivity index (χ2v) is 5.79. The summed E-state index contributed by atoms with van der Waals surface area (Å²) < 4.78 is 11.3. The fourth-order valence-electron chi connectivity index (χ4n) is 2.94. The van der Waals surface area contributed by atoms with E-state index in [1.165, 1.54) is 0 Å². The zero-order chi connectivity index (χ0) is 18.1. The average molecular weight is 342 g/mol. The number of nitriles is 1. The van der Waals surface area contributed by atoms with Crippen molar-refractivity contribution in [2.75, 3.05) is 12.4 Å². The molecule has 0 fully saturated rings. The van der Waals surface area contributed by atoms with Crippen LogP contribution in [0.3, 0.4) is 0 Å². The van der Waals surface area contributed by atoms with Crippen LogP contribution in [0.15, 0.2) is 65.1 Å². The number of furan rings is 1. The number of anilines is 1. The Morgan fingerprint density at radius 1 is 1.04 bits per heavy atom. The number of carbonyl (C=O) groups excluding carboxylic acids is 1. The van der Waals surface area contributed by atoms with Crippen LogP contribution in [0.2, 0.25) is 0 Å². The van der Waals surface area contributed by atoms with Crippen molar-refractivity contribution in [2.24, 2.45) is 0 Å². The minimum Gasteiger partial charge on any atom is -0.495 e. The molecule has 1 aromatic heterocycles. The molecular formula is C21H14N2O3. The number of amides is 1. The molecule has 0 spiro atoms. The third kappa shape index (κ3) is 2.64. The molecule has 0 aliphatic heterocycles. The lowest BCUT2D eigenvalue weighted by molar-refractivity contribution is 0.102. The third-order valence-electron chi connectivity index (χ3n) is 4.20. The number of fused-ring (bicyclic) bond motifs is 3. The largest absolute Gasteiger partial charge is 0.495 e. The maximum absolute atomic E-state index is 12.6. The number of para-hydroxylation sites is 1. The van der Waals surface area contributed by atoms with Crippen molar-refractivity contribution in [3.63, 3.8) is 0 Å². The van der Waals surface area contributed by atoms with Gasteiger partial charge in [0.2, 0.25) is 0 Å². The topological polar surface area (TPSA) is 75.3 Å². The number of hydrogen-bond acceptors (Lipinski definition) is 4. The fraction of sp³-hybridized carbons (Fsp3) is 0.0476. The van der Waals surface area contributed by atoms with Gasteiger partial charge in [-0.25, -0.2) is 0 Å². The molecule has 5 heteroatoms. The molecule has 0 aliphatic carbocycles.